The highest BCUT2D eigenvalue weighted by atomic mass is 16.6. The van der Waals surface area contributed by atoms with Crippen molar-refractivity contribution in [3.63, 3.8) is 0 Å². The van der Waals surface area contributed by atoms with Crippen molar-refractivity contribution in [1.29, 1.82) is 0 Å². The molecule has 1 aliphatic heterocycles. The Morgan fingerprint density at radius 1 is 0.938 bits per heavy atom. The number of nitro groups is 1. The number of non-ortho nitro benzene ring substituents is 1. The highest BCUT2D eigenvalue weighted by Gasteiger charge is 2.36. The second-order valence-electron chi connectivity index (χ2n) is 7.23. The van der Waals surface area contributed by atoms with Gasteiger partial charge in [0, 0.05) is 29.2 Å². The Labute approximate surface area is 182 Å². The quantitative estimate of drug-likeness (QED) is 0.294. The molecule has 0 bridgehead atoms. The number of carbonyl (C=O) groups is 3. The van der Waals surface area contributed by atoms with Gasteiger partial charge in [0.25, 0.3) is 17.5 Å². The second kappa shape index (κ2) is 7.95. The molecule has 32 heavy (non-hydrogen) atoms. The Kier molecular flexibility index (Phi) is 5.15. The molecule has 1 aliphatic rings. The van der Waals surface area contributed by atoms with Crippen LogP contribution < -0.4 is 10.2 Å². The van der Waals surface area contributed by atoms with E-state index in [4.69, 9.17) is 0 Å². The molecule has 0 unspecified atom stereocenters. The minimum Gasteiger partial charge on any atom is -0.318 e. The molecular formula is C23H18N4O5. The Balaban J connectivity index is 1.74. The molecule has 0 spiro atoms. The summed E-state index contributed by atoms with van der Waals surface area (Å²) >= 11 is 0. The fourth-order valence-electron chi connectivity index (χ4n) is 3.68. The van der Waals surface area contributed by atoms with Crippen LogP contribution in [0.25, 0.3) is 11.8 Å². The van der Waals surface area contributed by atoms with Crippen LogP contribution in [0.15, 0.2) is 66.2 Å². The molecule has 0 saturated carbocycles. The number of hydrogen-bond acceptors (Lipinski definition) is 5. The fourth-order valence-corrected chi connectivity index (χ4v) is 3.68. The van der Waals surface area contributed by atoms with Gasteiger partial charge < -0.3 is 4.57 Å². The monoisotopic (exact) mass is 430 g/mol. The van der Waals surface area contributed by atoms with Gasteiger partial charge in [0.2, 0.25) is 0 Å². The summed E-state index contributed by atoms with van der Waals surface area (Å²) in [5.74, 6) is -1.49. The molecule has 9 nitrogen and oxygen atoms in total. The number of nitrogens with zero attached hydrogens (tertiary/aromatic N) is 3. The number of nitro benzene ring substituents is 1. The van der Waals surface area contributed by atoms with Crippen molar-refractivity contribution in [1.82, 2.24) is 9.88 Å². The number of aryl methyl sites for hydroxylation is 1. The van der Waals surface area contributed by atoms with E-state index < -0.39 is 22.8 Å². The zero-order valence-electron chi connectivity index (χ0n) is 17.2. The Morgan fingerprint density at radius 2 is 1.59 bits per heavy atom. The summed E-state index contributed by atoms with van der Waals surface area (Å²) in [6.45, 7) is 3.66. The highest BCUT2D eigenvalue weighted by molar-refractivity contribution is 6.39. The van der Waals surface area contributed by atoms with Crippen molar-refractivity contribution in [2.24, 2.45) is 0 Å². The lowest BCUT2D eigenvalue weighted by molar-refractivity contribution is -0.384. The number of imide groups is 2. The van der Waals surface area contributed by atoms with Crippen LogP contribution in [0, 0.1) is 24.0 Å². The molecule has 0 aliphatic carbocycles. The normalized spacial score (nSPS) is 15.2. The number of anilines is 1. The number of hydrogen-bond donors (Lipinski definition) is 1. The van der Waals surface area contributed by atoms with Crippen molar-refractivity contribution in [2.75, 3.05) is 4.90 Å². The van der Waals surface area contributed by atoms with E-state index in [1.165, 1.54) is 18.2 Å². The summed E-state index contributed by atoms with van der Waals surface area (Å²) in [4.78, 5) is 49.1. The van der Waals surface area contributed by atoms with E-state index in [1.54, 1.807) is 48.5 Å². The first-order valence-corrected chi connectivity index (χ1v) is 9.68. The third kappa shape index (κ3) is 3.56. The Hall–Kier alpha value is -4.53. The van der Waals surface area contributed by atoms with Gasteiger partial charge in [-0.2, -0.15) is 0 Å². The topological polar surface area (TPSA) is 115 Å². The summed E-state index contributed by atoms with van der Waals surface area (Å²) in [7, 11) is 0. The molecule has 2 heterocycles. The lowest BCUT2D eigenvalue weighted by Gasteiger charge is -2.26. The summed E-state index contributed by atoms with van der Waals surface area (Å²) in [5, 5.41) is 13.1. The van der Waals surface area contributed by atoms with Crippen LogP contribution in [0.1, 0.15) is 17.0 Å². The maximum Gasteiger partial charge on any atom is 0.335 e. The lowest BCUT2D eigenvalue weighted by atomic mass is 10.1. The van der Waals surface area contributed by atoms with E-state index in [0.717, 1.165) is 16.3 Å². The third-order valence-electron chi connectivity index (χ3n) is 5.20. The van der Waals surface area contributed by atoms with E-state index in [9.17, 15) is 24.5 Å². The number of carbonyl (C=O) groups excluding carboxylic acids is 3. The maximum absolute atomic E-state index is 13.0. The van der Waals surface area contributed by atoms with E-state index in [-0.39, 0.29) is 11.3 Å². The van der Waals surface area contributed by atoms with E-state index >= 15 is 0 Å². The van der Waals surface area contributed by atoms with Crippen LogP contribution in [-0.4, -0.2) is 27.3 Å². The number of nitrogens with one attached hydrogen (secondary N) is 1. The minimum atomic E-state index is -0.806. The zero-order chi connectivity index (χ0) is 23.0. The van der Waals surface area contributed by atoms with Gasteiger partial charge in [-0.25, -0.2) is 9.69 Å². The molecule has 2 aromatic carbocycles. The number of aromatic nitrogens is 1. The first-order valence-electron chi connectivity index (χ1n) is 9.68. The van der Waals surface area contributed by atoms with Crippen LogP contribution in [0.3, 0.4) is 0 Å². The second-order valence-corrected chi connectivity index (χ2v) is 7.23. The minimum absolute atomic E-state index is 0.0197. The largest absolute Gasteiger partial charge is 0.335 e. The van der Waals surface area contributed by atoms with Crippen LogP contribution in [0.4, 0.5) is 16.2 Å². The van der Waals surface area contributed by atoms with Gasteiger partial charge in [-0.1, -0.05) is 18.2 Å². The van der Waals surface area contributed by atoms with Crippen molar-refractivity contribution < 1.29 is 19.3 Å². The van der Waals surface area contributed by atoms with Crippen molar-refractivity contribution >= 4 is 35.3 Å². The Bertz CT molecular complexity index is 1290. The molecule has 3 aromatic rings. The van der Waals surface area contributed by atoms with Gasteiger partial charge in [-0.3, -0.25) is 25.0 Å². The predicted octanol–water partition coefficient (Wildman–Crippen LogP) is 3.67. The van der Waals surface area contributed by atoms with Crippen molar-refractivity contribution in [3.8, 4) is 5.69 Å². The first-order chi connectivity index (χ1) is 15.3. The number of rotatable bonds is 4. The molecule has 1 saturated heterocycles. The average Bonchev–Trinajstić information content (AvgIpc) is 3.04. The standard InChI is InChI=1S/C23H18N4O5/c1-14-12-16(15(2)25(14)18-8-10-19(11-9-18)27(31)32)13-20-21(28)24-23(30)26(22(20)29)17-6-4-3-5-7-17/h3-13H,1-2H3,(H,24,28,30). The van der Waals surface area contributed by atoms with Gasteiger partial charge >= 0.3 is 6.03 Å². The number of barbiturate groups is 1. The number of benzene rings is 2. The van der Waals surface area contributed by atoms with Gasteiger partial charge in [-0.05, 0) is 55.8 Å². The Morgan fingerprint density at radius 3 is 2.22 bits per heavy atom. The first kappa shape index (κ1) is 20.7. The number of urea groups is 1. The number of amides is 4. The van der Waals surface area contributed by atoms with Gasteiger partial charge in [0.05, 0.1) is 10.6 Å². The van der Waals surface area contributed by atoms with Crippen LogP contribution >= 0.6 is 0 Å². The molecule has 1 N–H and O–H groups in total. The smallest absolute Gasteiger partial charge is 0.318 e. The molecular weight excluding hydrogens is 412 g/mol. The number of para-hydroxylation sites is 1. The van der Waals surface area contributed by atoms with Gasteiger partial charge in [0.15, 0.2) is 0 Å². The maximum atomic E-state index is 13.0. The lowest BCUT2D eigenvalue weighted by Crippen LogP contribution is -2.54. The summed E-state index contributed by atoms with van der Waals surface area (Å²) in [5.41, 5.74) is 3.02. The molecule has 4 amide bonds. The predicted molar refractivity (Wildman–Crippen MR) is 117 cm³/mol. The van der Waals surface area contributed by atoms with Gasteiger partial charge in [-0.15, -0.1) is 0 Å². The molecule has 1 fully saturated rings. The van der Waals surface area contributed by atoms with E-state index in [2.05, 4.69) is 5.32 Å². The molecule has 4 rings (SSSR count). The van der Waals surface area contributed by atoms with E-state index in [1.807, 2.05) is 18.4 Å². The highest BCUT2D eigenvalue weighted by Crippen LogP contribution is 2.26. The molecule has 1 aromatic heterocycles. The fraction of sp³-hybridized carbons (Fsp3) is 0.0870. The van der Waals surface area contributed by atoms with Crippen LogP contribution in [0.5, 0.6) is 0 Å². The van der Waals surface area contributed by atoms with Crippen molar-refractivity contribution in [2.45, 2.75) is 13.8 Å². The summed E-state index contributed by atoms with van der Waals surface area (Å²) in [6.07, 6.45) is 1.45. The molecule has 160 valence electrons. The zero-order valence-corrected chi connectivity index (χ0v) is 17.2. The SMILES string of the molecule is Cc1cc(C=C2C(=O)NC(=O)N(c3ccccc3)C2=O)c(C)n1-c1ccc([N+](=O)[O-])cc1. The van der Waals surface area contributed by atoms with Crippen LogP contribution in [-0.2, 0) is 9.59 Å². The molecule has 0 radical (unpaired) electrons. The average molecular weight is 430 g/mol. The van der Waals surface area contributed by atoms with E-state index in [0.29, 0.717) is 16.9 Å². The van der Waals surface area contributed by atoms with Crippen LogP contribution in [0.2, 0.25) is 0 Å². The van der Waals surface area contributed by atoms with Gasteiger partial charge in [0.1, 0.15) is 5.57 Å². The molecule has 0 atom stereocenters. The molecule has 9 heteroatoms. The third-order valence-corrected chi connectivity index (χ3v) is 5.20. The van der Waals surface area contributed by atoms with Crippen molar-refractivity contribution in [3.05, 3.63) is 93.3 Å². The summed E-state index contributed by atoms with van der Waals surface area (Å²) < 4.78 is 1.86. The summed E-state index contributed by atoms with van der Waals surface area (Å²) in [6, 6.07) is 15.4.